The molecule has 0 N–H and O–H groups in total. The molecule has 6 heteroatoms. The number of Topliss-reactive ketones (excluding diaryl/α,β-unsaturated/α-hetero) is 1. The largest absolute Gasteiger partial charge is 0.352 e. The number of fused-ring (bicyclic) bond motifs is 5. The van der Waals surface area contributed by atoms with Crippen LogP contribution in [0.1, 0.15) is 35.7 Å². The molecule has 31 heavy (non-hydrogen) atoms. The molecule has 0 radical (unpaired) electrons. The van der Waals surface area contributed by atoms with Gasteiger partial charge in [0.1, 0.15) is 6.04 Å². The van der Waals surface area contributed by atoms with Gasteiger partial charge in [0.25, 0.3) is 0 Å². The van der Waals surface area contributed by atoms with Crippen LogP contribution in [0.5, 0.6) is 0 Å². The van der Waals surface area contributed by atoms with Crippen LogP contribution in [0, 0.1) is 11.8 Å². The van der Waals surface area contributed by atoms with E-state index in [1.807, 2.05) is 60.4 Å². The number of unbranched alkanes of at least 4 members (excludes halogenated alkanes) is 1. The molecule has 3 aliphatic heterocycles. The SMILES string of the molecule is CCCCN1C(=O)[C@@H]2[C@H](C1=O)[C@@H](C(=O)c1ccccc1)N1c3ccc(Br)cc3C=C[C@H]21. The fourth-order valence-electron chi connectivity index (χ4n) is 5.22. The number of carbonyl (C=O) groups is 3. The quantitative estimate of drug-likeness (QED) is 0.474. The van der Waals surface area contributed by atoms with E-state index in [2.05, 4.69) is 15.9 Å². The van der Waals surface area contributed by atoms with Gasteiger partial charge >= 0.3 is 0 Å². The Bertz CT molecular complexity index is 1100. The van der Waals surface area contributed by atoms with E-state index in [-0.39, 0.29) is 23.6 Å². The minimum atomic E-state index is -0.703. The van der Waals surface area contributed by atoms with Gasteiger partial charge in [-0.25, -0.2) is 0 Å². The summed E-state index contributed by atoms with van der Waals surface area (Å²) in [6.45, 7) is 2.46. The number of likely N-dealkylation sites (tertiary alicyclic amines) is 1. The molecule has 3 aliphatic rings. The third-order valence-corrected chi connectivity index (χ3v) is 7.11. The molecule has 2 aromatic carbocycles. The summed E-state index contributed by atoms with van der Waals surface area (Å²) in [5.41, 5.74) is 2.42. The lowest BCUT2D eigenvalue weighted by molar-refractivity contribution is -0.140. The van der Waals surface area contributed by atoms with Gasteiger partial charge in [0.15, 0.2) is 5.78 Å². The Balaban J connectivity index is 1.63. The van der Waals surface area contributed by atoms with Crippen LogP contribution < -0.4 is 4.90 Å². The van der Waals surface area contributed by atoms with E-state index in [0.29, 0.717) is 12.1 Å². The number of carbonyl (C=O) groups excluding carboxylic acids is 3. The van der Waals surface area contributed by atoms with Crippen molar-refractivity contribution in [3.8, 4) is 0 Å². The molecule has 0 spiro atoms. The van der Waals surface area contributed by atoms with Crippen LogP contribution >= 0.6 is 15.9 Å². The highest BCUT2D eigenvalue weighted by Gasteiger charge is 2.63. The van der Waals surface area contributed by atoms with Crippen molar-refractivity contribution in [1.29, 1.82) is 0 Å². The van der Waals surface area contributed by atoms with E-state index in [4.69, 9.17) is 0 Å². The molecule has 0 bridgehead atoms. The Morgan fingerprint density at radius 1 is 1.03 bits per heavy atom. The number of imide groups is 1. The first-order valence-electron chi connectivity index (χ1n) is 10.7. The summed E-state index contributed by atoms with van der Waals surface area (Å²) in [7, 11) is 0. The van der Waals surface area contributed by atoms with E-state index < -0.39 is 17.9 Å². The second-order valence-electron chi connectivity index (χ2n) is 8.37. The number of ketones is 1. The monoisotopic (exact) mass is 478 g/mol. The van der Waals surface area contributed by atoms with Gasteiger partial charge in [-0.2, -0.15) is 0 Å². The fourth-order valence-corrected chi connectivity index (χ4v) is 5.59. The maximum absolute atomic E-state index is 13.7. The molecule has 0 aromatic heterocycles. The molecule has 2 saturated heterocycles. The van der Waals surface area contributed by atoms with Crippen molar-refractivity contribution in [3.63, 3.8) is 0 Å². The zero-order chi connectivity index (χ0) is 21.7. The first-order chi connectivity index (χ1) is 15.0. The van der Waals surface area contributed by atoms with Crippen molar-refractivity contribution in [2.75, 3.05) is 11.4 Å². The molecule has 2 fully saturated rings. The molecule has 5 nitrogen and oxygen atoms in total. The number of hydrogen-bond donors (Lipinski definition) is 0. The normalized spacial score (nSPS) is 26.1. The third kappa shape index (κ3) is 3.07. The van der Waals surface area contributed by atoms with E-state index >= 15 is 0 Å². The van der Waals surface area contributed by atoms with Crippen LogP contribution in [-0.4, -0.2) is 41.1 Å². The molecule has 0 aliphatic carbocycles. The Kier molecular flexibility index (Phi) is 5.05. The Morgan fingerprint density at radius 3 is 2.52 bits per heavy atom. The fraction of sp³-hybridized carbons (Fsp3) is 0.320. The van der Waals surface area contributed by atoms with Gasteiger partial charge in [0, 0.05) is 22.3 Å². The topological polar surface area (TPSA) is 57.7 Å². The predicted molar refractivity (Wildman–Crippen MR) is 123 cm³/mol. The van der Waals surface area contributed by atoms with Crippen LogP contribution in [0.25, 0.3) is 6.08 Å². The lowest BCUT2D eigenvalue weighted by Crippen LogP contribution is -2.48. The van der Waals surface area contributed by atoms with Crippen molar-refractivity contribution in [2.45, 2.75) is 31.8 Å². The first-order valence-corrected chi connectivity index (χ1v) is 11.5. The van der Waals surface area contributed by atoms with Crippen LogP contribution in [0.15, 0.2) is 59.1 Å². The average molecular weight is 479 g/mol. The van der Waals surface area contributed by atoms with E-state index in [0.717, 1.165) is 28.6 Å². The molecular formula is C25H23BrN2O3. The summed E-state index contributed by atoms with van der Waals surface area (Å²) in [6.07, 6.45) is 5.66. The molecule has 2 aromatic rings. The maximum atomic E-state index is 13.7. The minimum Gasteiger partial charge on any atom is -0.352 e. The number of nitrogens with zero attached hydrogens (tertiary/aromatic N) is 2. The minimum absolute atomic E-state index is 0.110. The maximum Gasteiger partial charge on any atom is 0.235 e. The molecule has 4 atom stereocenters. The summed E-state index contributed by atoms with van der Waals surface area (Å²) in [5, 5.41) is 0. The van der Waals surface area contributed by atoms with Crippen molar-refractivity contribution >= 4 is 45.3 Å². The van der Waals surface area contributed by atoms with Gasteiger partial charge in [-0.15, -0.1) is 0 Å². The number of amides is 2. The number of anilines is 1. The zero-order valence-corrected chi connectivity index (χ0v) is 18.8. The first kappa shape index (κ1) is 20.2. The highest BCUT2D eigenvalue weighted by Crippen LogP contribution is 2.49. The molecule has 5 rings (SSSR count). The molecule has 0 saturated carbocycles. The van der Waals surface area contributed by atoms with Crippen LogP contribution in [0.3, 0.4) is 0 Å². The van der Waals surface area contributed by atoms with Crippen LogP contribution in [0.4, 0.5) is 5.69 Å². The second-order valence-corrected chi connectivity index (χ2v) is 9.28. The van der Waals surface area contributed by atoms with Gasteiger partial charge < -0.3 is 4.90 Å². The van der Waals surface area contributed by atoms with Crippen LogP contribution in [0.2, 0.25) is 0 Å². The van der Waals surface area contributed by atoms with Crippen molar-refractivity contribution in [3.05, 3.63) is 70.2 Å². The van der Waals surface area contributed by atoms with E-state index in [9.17, 15) is 14.4 Å². The summed E-state index contributed by atoms with van der Waals surface area (Å²) in [5.74, 6) is -1.66. The van der Waals surface area contributed by atoms with Crippen LogP contribution in [-0.2, 0) is 9.59 Å². The van der Waals surface area contributed by atoms with Gasteiger partial charge in [0.05, 0.1) is 17.9 Å². The Morgan fingerprint density at radius 2 is 1.77 bits per heavy atom. The Labute approximate surface area is 189 Å². The van der Waals surface area contributed by atoms with E-state index in [1.54, 1.807) is 12.1 Å². The van der Waals surface area contributed by atoms with Crippen molar-refractivity contribution in [1.82, 2.24) is 4.90 Å². The smallest absolute Gasteiger partial charge is 0.235 e. The highest BCUT2D eigenvalue weighted by molar-refractivity contribution is 9.10. The molecule has 3 heterocycles. The van der Waals surface area contributed by atoms with Gasteiger partial charge in [0.2, 0.25) is 11.8 Å². The summed E-state index contributed by atoms with van der Waals surface area (Å²) in [4.78, 5) is 44.0. The van der Waals surface area contributed by atoms with Crippen molar-refractivity contribution < 1.29 is 14.4 Å². The number of benzene rings is 2. The summed E-state index contributed by atoms with van der Waals surface area (Å²) >= 11 is 3.51. The third-order valence-electron chi connectivity index (χ3n) is 6.62. The lowest BCUT2D eigenvalue weighted by Gasteiger charge is -2.36. The predicted octanol–water partition coefficient (Wildman–Crippen LogP) is 4.32. The molecule has 0 unspecified atom stereocenters. The van der Waals surface area contributed by atoms with E-state index in [1.165, 1.54) is 4.90 Å². The Hall–Kier alpha value is -2.73. The number of halogens is 1. The standard InChI is InChI=1S/C25H23BrN2O3/c1-2-3-13-27-24(30)20-19-11-9-16-14-17(26)10-12-18(16)28(19)22(21(20)25(27)31)23(29)15-7-5-4-6-8-15/h4-12,14,19-22H,2-3,13H2,1H3/t19-,20+,21+,22+/m1/s1. The summed E-state index contributed by atoms with van der Waals surface area (Å²) in [6, 6.07) is 14.0. The van der Waals surface area contributed by atoms with Gasteiger partial charge in [-0.3, -0.25) is 19.3 Å². The average Bonchev–Trinajstić information content (AvgIpc) is 3.25. The van der Waals surface area contributed by atoms with Gasteiger partial charge in [-0.1, -0.05) is 71.8 Å². The number of hydrogen-bond acceptors (Lipinski definition) is 4. The second kappa shape index (κ2) is 7.75. The number of rotatable bonds is 5. The zero-order valence-electron chi connectivity index (χ0n) is 17.2. The highest BCUT2D eigenvalue weighted by atomic mass is 79.9. The molecule has 2 amide bonds. The molecule has 158 valence electrons. The summed E-state index contributed by atoms with van der Waals surface area (Å²) < 4.78 is 0.942. The lowest BCUT2D eigenvalue weighted by atomic mass is 9.86. The van der Waals surface area contributed by atoms with Gasteiger partial charge in [-0.05, 0) is 30.2 Å². The van der Waals surface area contributed by atoms with Crippen molar-refractivity contribution in [2.24, 2.45) is 11.8 Å². The molecular weight excluding hydrogens is 456 g/mol.